The summed E-state index contributed by atoms with van der Waals surface area (Å²) in [6, 6.07) is 7.69. The minimum Gasteiger partial charge on any atom is -0.337 e. The van der Waals surface area contributed by atoms with Crippen molar-refractivity contribution in [2.75, 3.05) is 11.9 Å². The molecule has 2 aromatic rings. The first-order valence-corrected chi connectivity index (χ1v) is 8.65. The van der Waals surface area contributed by atoms with E-state index in [1.165, 1.54) is 19.3 Å². The van der Waals surface area contributed by atoms with Crippen molar-refractivity contribution in [2.45, 2.75) is 45.1 Å². The second-order valence-electron chi connectivity index (χ2n) is 6.93. The smallest absolute Gasteiger partial charge is 0.244 e. The molecule has 1 atom stereocenters. The van der Waals surface area contributed by atoms with Crippen LogP contribution in [0.4, 0.5) is 5.69 Å². The Morgan fingerprint density at radius 3 is 2.79 bits per heavy atom. The van der Waals surface area contributed by atoms with Gasteiger partial charge in [-0.05, 0) is 48.9 Å². The molecule has 4 rings (SSSR count). The largest absolute Gasteiger partial charge is 0.337 e. The van der Waals surface area contributed by atoms with E-state index in [0.717, 1.165) is 24.2 Å². The fraction of sp³-hybridized carbons (Fsp3) is 0.500. The first kappa shape index (κ1) is 15.3. The van der Waals surface area contributed by atoms with Crippen LogP contribution in [-0.4, -0.2) is 22.6 Å². The summed E-state index contributed by atoms with van der Waals surface area (Å²) in [4.78, 5) is 16.0. The van der Waals surface area contributed by atoms with E-state index in [-0.39, 0.29) is 11.9 Å². The summed E-state index contributed by atoms with van der Waals surface area (Å²) in [5.74, 6) is 1.27. The molecule has 126 valence electrons. The average Bonchev–Trinajstić information content (AvgIpc) is 3.22. The van der Waals surface area contributed by atoms with Gasteiger partial charge in [-0.2, -0.15) is 4.98 Å². The van der Waals surface area contributed by atoms with E-state index in [4.69, 9.17) is 4.52 Å². The number of nitrogens with zero attached hydrogens (tertiary/aromatic N) is 2. The molecule has 24 heavy (non-hydrogen) atoms. The predicted molar refractivity (Wildman–Crippen MR) is 90.3 cm³/mol. The monoisotopic (exact) mass is 326 g/mol. The Balaban J connectivity index is 1.45. The Labute approximate surface area is 141 Å². The highest BCUT2D eigenvalue weighted by Gasteiger charge is 2.45. The highest BCUT2D eigenvalue weighted by molar-refractivity contribution is 5.90. The van der Waals surface area contributed by atoms with Gasteiger partial charge in [-0.3, -0.25) is 4.79 Å². The fourth-order valence-corrected chi connectivity index (χ4v) is 3.60. The Morgan fingerprint density at radius 2 is 2.17 bits per heavy atom. The lowest BCUT2D eigenvalue weighted by molar-refractivity contribution is -0.115. The molecule has 1 aromatic carbocycles. The molecule has 1 aliphatic carbocycles. The lowest BCUT2D eigenvalue weighted by Gasteiger charge is -2.37. The molecule has 1 aliphatic heterocycles. The topological polar surface area (TPSA) is 80.0 Å². The normalized spacial score (nSPS) is 21.6. The molecule has 1 aromatic heterocycles. The van der Waals surface area contributed by atoms with E-state index in [0.29, 0.717) is 23.6 Å². The number of carbonyl (C=O) groups excluding carboxylic acids is 1. The minimum absolute atomic E-state index is 0.00169. The first-order chi connectivity index (χ1) is 11.7. The van der Waals surface area contributed by atoms with Crippen LogP contribution in [0.1, 0.15) is 51.0 Å². The van der Waals surface area contributed by atoms with E-state index in [9.17, 15) is 4.79 Å². The van der Waals surface area contributed by atoms with Gasteiger partial charge >= 0.3 is 0 Å². The van der Waals surface area contributed by atoms with Crippen LogP contribution >= 0.6 is 0 Å². The van der Waals surface area contributed by atoms with Crippen LogP contribution in [-0.2, 0) is 4.79 Å². The maximum atomic E-state index is 11.4. The van der Waals surface area contributed by atoms with Crippen molar-refractivity contribution in [3.63, 3.8) is 0 Å². The van der Waals surface area contributed by atoms with Gasteiger partial charge in [0.05, 0.1) is 6.04 Å². The van der Waals surface area contributed by atoms with Gasteiger partial charge in [-0.15, -0.1) is 0 Å². The number of amides is 1. The standard InChI is InChI=1S/C18H22N4O2/c1-2-15(23)20-13-6-4-12(5-7-13)16-21-17(24-22-16)14-10-18(11-19-14)8-3-9-18/h4-7,14,19H,2-3,8-11H2,1H3,(H,20,23). The summed E-state index contributed by atoms with van der Waals surface area (Å²) >= 11 is 0. The van der Waals surface area contributed by atoms with E-state index in [1.807, 2.05) is 31.2 Å². The summed E-state index contributed by atoms with van der Waals surface area (Å²) in [7, 11) is 0. The summed E-state index contributed by atoms with van der Waals surface area (Å²) in [6.07, 6.45) is 5.51. The molecule has 0 radical (unpaired) electrons. The van der Waals surface area contributed by atoms with Gasteiger partial charge in [0.2, 0.25) is 17.6 Å². The van der Waals surface area contributed by atoms with Crippen molar-refractivity contribution in [2.24, 2.45) is 5.41 Å². The van der Waals surface area contributed by atoms with Crippen molar-refractivity contribution >= 4 is 11.6 Å². The molecule has 1 saturated heterocycles. The van der Waals surface area contributed by atoms with Gasteiger partial charge < -0.3 is 15.2 Å². The Bertz CT molecular complexity index is 734. The number of aromatic nitrogens is 2. The highest BCUT2D eigenvalue weighted by atomic mass is 16.5. The van der Waals surface area contributed by atoms with Crippen LogP contribution in [0.2, 0.25) is 0 Å². The third-order valence-corrected chi connectivity index (χ3v) is 5.26. The van der Waals surface area contributed by atoms with E-state index in [1.54, 1.807) is 0 Å². The lowest BCUT2D eigenvalue weighted by atomic mass is 9.67. The zero-order chi connectivity index (χ0) is 16.6. The number of hydrogen-bond acceptors (Lipinski definition) is 5. The molecule has 1 saturated carbocycles. The quantitative estimate of drug-likeness (QED) is 0.901. The van der Waals surface area contributed by atoms with Gasteiger partial charge in [-0.1, -0.05) is 18.5 Å². The van der Waals surface area contributed by atoms with Gasteiger partial charge in [0.15, 0.2) is 0 Å². The summed E-state index contributed by atoms with van der Waals surface area (Å²) < 4.78 is 5.48. The average molecular weight is 326 g/mol. The van der Waals surface area contributed by atoms with E-state index >= 15 is 0 Å². The third kappa shape index (κ3) is 2.82. The highest BCUT2D eigenvalue weighted by Crippen LogP contribution is 2.50. The van der Waals surface area contributed by atoms with Gasteiger partial charge in [0.1, 0.15) is 0 Å². The van der Waals surface area contributed by atoms with Crippen LogP contribution in [0.3, 0.4) is 0 Å². The van der Waals surface area contributed by atoms with E-state index < -0.39 is 0 Å². The van der Waals surface area contributed by atoms with Crippen LogP contribution < -0.4 is 10.6 Å². The number of nitrogens with one attached hydrogen (secondary N) is 2. The second-order valence-corrected chi connectivity index (χ2v) is 6.93. The van der Waals surface area contributed by atoms with Gasteiger partial charge in [0.25, 0.3) is 0 Å². The van der Waals surface area contributed by atoms with Crippen molar-refractivity contribution in [1.29, 1.82) is 0 Å². The number of rotatable bonds is 4. The molecule has 2 heterocycles. The fourth-order valence-electron chi connectivity index (χ4n) is 3.60. The molecule has 0 bridgehead atoms. The van der Waals surface area contributed by atoms with Crippen molar-refractivity contribution in [1.82, 2.24) is 15.5 Å². The molecule has 2 aliphatic rings. The molecule has 2 N–H and O–H groups in total. The van der Waals surface area contributed by atoms with Crippen LogP contribution in [0, 0.1) is 5.41 Å². The maximum Gasteiger partial charge on any atom is 0.244 e. The number of carbonyl (C=O) groups is 1. The summed E-state index contributed by atoms with van der Waals surface area (Å²) in [5.41, 5.74) is 2.13. The zero-order valence-corrected chi connectivity index (χ0v) is 13.8. The first-order valence-electron chi connectivity index (χ1n) is 8.65. The van der Waals surface area contributed by atoms with Crippen LogP contribution in [0.15, 0.2) is 28.8 Å². The molecule has 1 amide bonds. The van der Waals surface area contributed by atoms with E-state index in [2.05, 4.69) is 20.8 Å². The number of hydrogen-bond donors (Lipinski definition) is 2. The van der Waals surface area contributed by atoms with Crippen molar-refractivity contribution in [3.8, 4) is 11.4 Å². The summed E-state index contributed by atoms with van der Waals surface area (Å²) in [5, 5.41) is 10.5. The van der Waals surface area contributed by atoms with Gasteiger partial charge in [0, 0.05) is 24.2 Å². The lowest BCUT2D eigenvalue weighted by Crippen LogP contribution is -2.31. The Hall–Kier alpha value is -2.21. The number of anilines is 1. The molecule has 1 spiro atoms. The maximum absolute atomic E-state index is 11.4. The molecular weight excluding hydrogens is 304 g/mol. The zero-order valence-electron chi connectivity index (χ0n) is 13.8. The molecular formula is C18H22N4O2. The van der Waals surface area contributed by atoms with Gasteiger partial charge in [-0.25, -0.2) is 0 Å². The second kappa shape index (κ2) is 6.02. The molecule has 2 fully saturated rings. The van der Waals surface area contributed by atoms with Crippen molar-refractivity contribution < 1.29 is 9.32 Å². The molecule has 6 heteroatoms. The predicted octanol–water partition coefficient (Wildman–Crippen LogP) is 3.29. The molecule has 1 unspecified atom stereocenters. The van der Waals surface area contributed by atoms with Crippen molar-refractivity contribution in [3.05, 3.63) is 30.2 Å². The van der Waals surface area contributed by atoms with Crippen LogP contribution in [0.25, 0.3) is 11.4 Å². The minimum atomic E-state index is 0.00169. The summed E-state index contributed by atoms with van der Waals surface area (Å²) in [6.45, 7) is 2.89. The third-order valence-electron chi connectivity index (χ3n) is 5.26. The van der Waals surface area contributed by atoms with Crippen LogP contribution in [0.5, 0.6) is 0 Å². The SMILES string of the molecule is CCC(=O)Nc1ccc(-c2noc(C3CC4(CCC4)CN3)n2)cc1. The number of benzene rings is 1. The molecule has 6 nitrogen and oxygen atoms in total. The Kier molecular flexibility index (Phi) is 3.84. The Morgan fingerprint density at radius 1 is 1.38 bits per heavy atom.